The van der Waals surface area contributed by atoms with Gasteiger partial charge in [0.2, 0.25) is 11.8 Å². The summed E-state index contributed by atoms with van der Waals surface area (Å²) < 4.78 is 0. The average molecular weight is 410 g/mol. The molecular weight excluding hydrogens is 382 g/mol. The number of aliphatic imine (C=N–C) groups is 1. The summed E-state index contributed by atoms with van der Waals surface area (Å²) in [6.07, 6.45) is 0.963. The van der Waals surface area contributed by atoms with Crippen LogP contribution in [0.25, 0.3) is 0 Å². The van der Waals surface area contributed by atoms with Gasteiger partial charge in [-0.05, 0) is 51.0 Å². The van der Waals surface area contributed by atoms with Crippen LogP contribution >= 0.6 is 11.8 Å². The van der Waals surface area contributed by atoms with Gasteiger partial charge in [0, 0.05) is 18.7 Å². The monoisotopic (exact) mass is 409 g/mol. The zero-order chi connectivity index (χ0) is 21.0. The van der Waals surface area contributed by atoms with Crippen molar-refractivity contribution < 1.29 is 9.59 Å². The lowest BCUT2D eigenvalue weighted by molar-refractivity contribution is -0.128. The molecule has 1 atom stereocenters. The van der Waals surface area contributed by atoms with Crippen molar-refractivity contribution in [2.45, 2.75) is 45.8 Å². The number of carbonyl (C=O) groups is 2. The normalized spacial score (nSPS) is 17.8. The van der Waals surface area contributed by atoms with Gasteiger partial charge < -0.3 is 5.32 Å². The first-order valence-electron chi connectivity index (χ1n) is 9.88. The number of hydrogen-bond acceptors (Lipinski definition) is 4. The topological polar surface area (TPSA) is 61.8 Å². The molecule has 0 aliphatic carbocycles. The third-order valence-electron chi connectivity index (χ3n) is 4.75. The molecule has 5 nitrogen and oxygen atoms in total. The summed E-state index contributed by atoms with van der Waals surface area (Å²) in [7, 11) is 0. The highest BCUT2D eigenvalue weighted by atomic mass is 32.2. The van der Waals surface area contributed by atoms with Crippen molar-refractivity contribution in [2.24, 2.45) is 4.99 Å². The number of benzene rings is 2. The van der Waals surface area contributed by atoms with Crippen LogP contribution < -0.4 is 5.32 Å². The highest BCUT2D eigenvalue weighted by Crippen LogP contribution is 2.32. The second-order valence-corrected chi connectivity index (χ2v) is 8.57. The molecule has 1 saturated heterocycles. The molecule has 1 N–H and O–H groups in total. The van der Waals surface area contributed by atoms with E-state index < -0.39 is 5.25 Å². The van der Waals surface area contributed by atoms with Crippen LogP contribution in [0.4, 0.5) is 11.4 Å². The highest BCUT2D eigenvalue weighted by Gasteiger charge is 2.38. The Morgan fingerprint density at radius 1 is 1.10 bits per heavy atom. The third kappa shape index (κ3) is 5.26. The van der Waals surface area contributed by atoms with Crippen LogP contribution in [0.5, 0.6) is 0 Å². The number of amides is 2. The number of nitrogens with one attached hydrogen (secondary N) is 1. The molecule has 0 aromatic heterocycles. The van der Waals surface area contributed by atoms with Crippen LogP contribution in [0, 0.1) is 20.8 Å². The van der Waals surface area contributed by atoms with Crippen LogP contribution in [-0.2, 0) is 9.59 Å². The molecule has 0 saturated carbocycles. The number of carbonyl (C=O) groups excluding carboxylic acids is 2. The molecule has 3 rings (SSSR count). The van der Waals surface area contributed by atoms with Crippen LogP contribution in [0.2, 0.25) is 0 Å². The lowest BCUT2D eigenvalue weighted by atomic mass is 10.1. The van der Waals surface area contributed by atoms with Gasteiger partial charge in [-0.2, -0.15) is 0 Å². The predicted molar refractivity (Wildman–Crippen MR) is 121 cm³/mol. The van der Waals surface area contributed by atoms with Gasteiger partial charge in [0.1, 0.15) is 5.25 Å². The fourth-order valence-electron chi connectivity index (χ4n) is 3.21. The number of amidine groups is 1. The first kappa shape index (κ1) is 21.1. The van der Waals surface area contributed by atoms with Crippen LogP contribution in [0.15, 0.2) is 47.5 Å². The number of nitrogens with zero attached hydrogens (tertiary/aromatic N) is 2. The third-order valence-corrected chi connectivity index (χ3v) is 5.93. The van der Waals surface area contributed by atoms with E-state index in [-0.39, 0.29) is 18.2 Å². The van der Waals surface area contributed by atoms with Crippen LogP contribution in [-0.4, -0.2) is 33.7 Å². The van der Waals surface area contributed by atoms with E-state index in [1.165, 1.54) is 11.8 Å². The van der Waals surface area contributed by atoms with Gasteiger partial charge in [0.15, 0.2) is 5.17 Å². The smallest absolute Gasteiger partial charge is 0.242 e. The zero-order valence-electron chi connectivity index (χ0n) is 17.4. The number of rotatable bonds is 6. The van der Waals surface area contributed by atoms with E-state index in [9.17, 15) is 9.59 Å². The zero-order valence-corrected chi connectivity index (χ0v) is 18.2. The van der Waals surface area contributed by atoms with Crippen LogP contribution in [0.1, 0.15) is 36.5 Å². The number of hydrogen-bond donors (Lipinski definition) is 1. The standard InChI is InChI=1S/C23H27N3O2S/c1-5-12-26-22(28)20(29-23(26)24-18-9-6-15(2)7-10-18)14-21(27)25-19-11-8-16(3)13-17(19)4/h6-11,13,20H,5,12,14H2,1-4H3,(H,25,27)/t20-/m1/s1. The molecule has 0 unspecified atom stereocenters. The van der Waals surface area contributed by atoms with E-state index in [4.69, 9.17) is 0 Å². The van der Waals surface area contributed by atoms with Crippen molar-refractivity contribution in [3.05, 3.63) is 59.2 Å². The maximum absolute atomic E-state index is 12.9. The molecule has 152 valence electrons. The van der Waals surface area contributed by atoms with Gasteiger partial charge in [0.05, 0.1) is 5.69 Å². The van der Waals surface area contributed by atoms with Crippen molar-refractivity contribution in [1.82, 2.24) is 4.90 Å². The second-order valence-electron chi connectivity index (χ2n) is 7.40. The van der Waals surface area contributed by atoms with Gasteiger partial charge in [-0.3, -0.25) is 14.5 Å². The van der Waals surface area contributed by atoms with E-state index in [1.807, 2.05) is 70.2 Å². The van der Waals surface area contributed by atoms with Crippen molar-refractivity contribution in [1.29, 1.82) is 0 Å². The van der Waals surface area contributed by atoms with E-state index in [0.717, 1.165) is 34.5 Å². The van der Waals surface area contributed by atoms with Crippen LogP contribution in [0.3, 0.4) is 0 Å². The summed E-state index contributed by atoms with van der Waals surface area (Å²) in [6, 6.07) is 13.8. The molecule has 2 aromatic rings. The molecule has 6 heteroatoms. The summed E-state index contributed by atoms with van der Waals surface area (Å²) in [5.41, 5.74) is 4.92. The molecule has 0 spiro atoms. The lowest BCUT2D eigenvalue weighted by Gasteiger charge is -2.15. The fourth-order valence-corrected chi connectivity index (χ4v) is 4.39. The number of thioether (sulfide) groups is 1. The minimum absolute atomic E-state index is 0.0431. The Kier molecular flexibility index (Phi) is 6.75. The Balaban J connectivity index is 1.73. The largest absolute Gasteiger partial charge is 0.326 e. The van der Waals surface area contributed by atoms with E-state index in [0.29, 0.717) is 11.7 Å². The average Bonchev–Trinajstić information content (AvgIpc) is 2.95. The summed E-state index contributed by atoms with van der Waals surface area (Å²) in [6.45, 7) is 8.64. The molecule has 1 fully saturated rings. The number of anilines is 1. The molecule has 2 aromatic carbocycles. The summed E-state index contributed by atoms with van der Waals surface area (Å²) >= 11 is 1.38. The first-order valence-corrected chi connectivity index (χ1v) is 10.8. The van der Waals surface area contributed by atoms with Crippen molar-refractivity contribution >= 4 is 40.1 Å². The van der Waals surface area contributed by atoms with Gasteiger partial charge in [-0.25, -0.2) is 4.99 Å². The Morgan fingerprint density at radius 2 is 1.79 bits per heavy atom. The quantitative estimate of drug-likeness (QED) is 0.732. The van der Waals surface area contributed by atoms with E-state index in [2.05, 4.69) is 10.3 Å². The highest BCUT2D eigenvalue weighted by molar-refractivity contribution is 8.15. The second kappa shape index (κ2) is 9.27. The Morgan fingerprint density at radius 3 is 2.45 bits per heavy atom. The van der Waals surface area contributed by atoms with E-state index in [1.54, 1.807) is 4.90 Å². The molecule has 0 radical (unpaired) electrons. The summed E-state index contributed by atoms with van der Waals surface area (Å²) in [5, 5.41) is 3.16. The molecule has 1 heterocycles. The minimum Gasteiger partial charge on any atom is -0.326 e. The molecule has 2 amide bonds. The molecule has 0 bridgehead atoms. The Labute approximate surface area is 176 Å². The van der Waals surface area contributed by atoms with E-state index >= 15 is 0 Å². The van der Waals surface area contributed by atoms with Gasteiger partial charge in [0.25, 0.3) is 0 Å². The maximum Gasteiger partial charge on any atom is 0.242 e. The van der Waals surface area contributed by atoms with Crippen molar-refractivity contribution in [3.8, 4) is 0 Å². The van der Waals surface area contributed by atoms with Crippen molar-refractivity contribution in [2.75, 3.05) is 11.9 Å². The summed E-state index contributed by atoms with van der Waals surface area (Å²) in [4.78, 5) is 31.9. The fraction of sp³-hybridized carbons (Fsp3) is 0.348. The first-order chi connectivity index (χ1) is 13.9. The number of aryl methyl sites for hydroxylation is 3. The van der Waals surface area contributed by atoms with Gasteiger partial charge >= 0.3 is 0 Å². The molecule has 1 aliphatic heterocycles. The van der Waals surface area contributed by atoms with Gasteiger partial charge in [-0.1, -0.05) is 54.1 Å². The molecule has 29 heavy (non-hydrogen) atoms. The molecular formula is C23H27N3O2S. The Hall–Kier alpha value is -2.60. The summed E-state index contributed by atoms with van der Waals surface area (Å²) in [5.74, 6) is -0.200. The lowest BCUT2D eigenvalue weighted by Crippen LogP contribution is -2.34. The minimum atomic E-state index is -0.448. The van der Waals surface area contributed by atoms with Gasteiger partial charge in [-0.15, -0.1) is 0 Å². The Bertz CT molecular complexity index is 938. The predicted octanol–water partition coefficient (Wildman–Crippen LogP) is 4.98. The van der Waals surface area contributed by atoms with Crippen molar-refractivity contribution in [3.63, 3.8) is 0 Å². The SMILES string of the molecule is CCCN1C(=O)[C@@H](CC(=O)Nc2ccc(C)cc2C)SC1=Nc1ccc(C)cc1. The maximum atomic E-state index is 12.9. The molecule has 1 aliphatic rings.